The molecule has 3 heterocycles. The van der Waals surface area contributed by atoms with Crippen LogP contribution < -0.4 is 5.32 Å². The van der Waals surface area contributed by atoms with Crippen molar-refractivity contribution in [1.82, 2.24) is 19.9 Å². The predicted molar refractivity (Wildman–Crippen MR) is 95.1 cm³/mol. The Morgan fingerprint density at radius 3 is 3.20 bits per heavy atom. The van der Waals surface area contributed by atoms with Crippen molar-refractivity contribution in [1.29, 1.82) is 0 Å². The highest BCUT2D eigenvalue weighted by atomic mass is 16.3. The van der Waals surface area contributed by atoms with Crippen LogP contribution in [0.5, 0.6) is 0 Å². The molecule has 0 aliphatic carbocycles. The van der Waals surface area contributed by atoms with Crippen molar-refractivity contribution in [2.75, 3.05) is 6.61 Å². The van der Waals surface area contributed by atoms with Gasteiger partial charge in [-0.25, -0.2) is 4.98 Å². The van der Waals surface area contributed by atoms with Gasteiger partial charge in [0.1, 0.15) is 5.82 Å². The molecule has 1 aliphatic heterocycles. The summed E-state index contributed by atoms with van der Waals surface area (Å²) in [5.74, 6) is 0.985. The predicted octanol–water partition coefficient (Wildman–Crippen LogP) is 1.65. The van der Waals surface area contributed by atoms with Gasteiger partial charge in [0, 0.05) is 42.5 Å². The van der Waals surface area contributed by atoms with Crippen LogP contribution in [0.15, 0.2) is 42.9 Å². The van der Waals surface area contributed by atoms with Crippen LogP contribution in [0.3, 0.4) is 0 Å². The zero-order chi connectivity index (χ0) is 17.2. The van der Waals surface area contributed by atoms with Gasteiger partial charge >= 0.3 is 0 Å². The van der Waals surface area contributed by atoms with Gasteiger partial charge in [0.05, 0.1) is 18.6 Å². The number of carbonyl (C=O) groups is 1. The largest absolute Gasteiger partial charge is 0.394 e. The fourth-order valence-corrected chi connectivity index (χ4v) is 3.63. The molecule has 0 bridgehead atoms. The summed E-state index contributed by atoms with van der Waals surface area (Å²) in [6.45, 7) is 0.584. The zero-order valence-corrected chi connectivity index (χ0v) is 14.0. The van der Waals surface area contributed by atoms with E-state index in [0.717, 1.165) is 35.1 Å². The molecule has 2 unspecified atom stereocenters. The lowest BCUT2D eigenvalue weighted by molar-refractivity contribution is -0.127. The van der Waals surface area contributed by atoms with Crippen molar-refractivity contribution >= 4 is 16.8 Å². The number of hydrogen-bond acceptors (Lipinski definition) is 3. The third kappa shape index (κ3) is 3.17. The molecule has 6 nitrogen and oxygen atoms in total. The summed E-state index contributed by atoms with van der Waals surface area (Å²) in [5, 5.41) is 13.9. The molecule has 0 saturated carbocycles. The molecular weight excluding hydrogens is 316 g/mol. The van der Waals surface area contributed by atoms with Crippen LogP contribution in [-0.2, 0) is 24.2 Å². The van der Waals surface area contributed by atoms with Crippen LogP contribution >= 0.6 is 0 Å². The number of aromatic nitrogens is 3. The number of rotatable bonds is 5. The standard InChI is InChI=1S/C19H22N4O2/c24-12-15(9-14-10-21-17-4-2-1-3-16(14)17)22-19(25)13-5-6-18-20-7-8-23(18)11-13/h1-4,7-8,10,13,15,21,24H,5-6,9,11-12H2,(H,22,25). The number of aromatic amines is 1. The van der Waals surface area contributed by atoms with Crippen LogP contribution in [-0.4, -0.2) is 38.2 Å². The van der Waals surface area contributed by atoms with Gasteiger partial charge in [-0.2, -0.15) is 0 Å². The maximum Gasteiger partial charge on any atom is 0.225 e. The number of benzene rings is 1. The van der Waals surface area contributed by atoms with Crippen LogP contribution in [0.25, 0.3) is 10.9 Å². The molecule has 0 saturated heterocycles. The Bertz CT molecular complexity index is 882. The van der Waals surface area contributed by atoms with E-state index in [1.807, 2.05) is 35.2 Å². The summed E-state index contributed by atoms with van der Waals surface area (Å²) in [6, 6.07) is 7.78. The monoisotopic (exact) mass is 338 g/mol. The summed E-state index contributed by atoms with van der Waals surface area (Å²) in [6.07, 6.45) is 7.88. The lowest BCUT2D eigenvalue weighted by Gasteiger charge is -2.25. The average Bonchev–Trinajstić information content (AvgIpc) is 3.27. The van der Waals surface area contributed by atoms with Crippen molar-refractivity contribution < 1.29 is 9.90 Å². The van der Waals surface area contributed by atoms with Gasteiger partial charge in [-0.15, -0.1) is 0 Å². The van der Waals surface area contributed by atoms with E-state index in [9.17, 15) is 9.90 Å². The molecule has 0 radical (unpaired) electrons. The first-order valence-corrected chi connectivity index (χ1v) is 8.71. The Labute approximate surface area is 145 Å². The summed E-state index contributed by atoms with van der Waals surface area (Å²) in [7, 11) is 0. The number of fused-ring (bicyclic) bond motifs is 2. The summed E-state index contributed by atoms with van der Waals surface area (Å²) in [5.41, 5.74) is 2.18. The highest BCUT2D eigenvalue weighted by molar-refractivity contribution is 5.83. The summed E-state index contributed by atoms with van der Waals surface area (Å²) < 4.78 is 2.04. The lowest BCUT2D eigenvalue weighted by atomic mass is 9.97. The van der Waals surface area contributed by atoms with E-state index in [0.29, 0.717) is 13.0 Å². The van der Waals surface area contributed by atoms with E-state index < -0.39 is 0 Å². The smallest absolute Gasteiger partial charge is 0.225 e. The van der Waals surface area contributed by atoms with E-state index in [1.54, 1.807) is 6.20 Å². The molecular formula is C19H22N4O2. The number of para-hydroxylation sites is 1. The Morgan fingerprint density at radius 1 is 1.44 bits per heavy atom. The second kappa shape index (κ2) is 6.72. The second-order valence-corrected chi connectivity index (χ2v) is 6.68. The number of aryl methyl sites for hydroxylation is 1. The number of hydrogen-bond donors (Lipinski definition) is 3. The summed E-state index contributed by atoms with van der Waals surface area (Å²) in [4.78, 5) is 20.2. The van der Waals surface area contributed by atoms with Crippen LogP contribution in [0.2, 0.25) is 0 Å². The number of aliphatic hydroxyl groups excluding tert-OH is 1. The first-order chi connectivity index (χ1) is 12.2. The quantitative estimate of drug-likeness (QED) is 0.661. The van der Waals surface area contributed by atoms with Crippen LogP contribution in [0, 0.1) is 5.92 Å². The van der Waals surface area contributed by atoms with E-state index in [4.69, 9.17) is 0 Å². The molecule has 3 aromatic rings. The molecule has 1 amide bonds. The average molecular weight is 338 g/mol. The first kappa shape index (κ1) is 15.9. The van der Waals surface area contributed by atoms with Crippen molar-refractivity contribution in [2.45, 2.75) is 31.8 Å². The third-order valence-corrected chi connectivity index (χ3v) is 5.01. The van der Waals surface area contributed by atoms with Crippen LogP contribution in [0.1, 0.15) is 17.8 Å². The molecule has 2 aromatic heterocycles. The molecule has 0 spiro atoms. The SMILES string of the molecule is O=C(NC(CO)Cc1c[nH]c2ccccc12)C1CCc2nccn2C1. The zero-order valence-electron chi connectivity index (χ0n) is 14.0. The van der Waals surface area contributed by atoms with Crippen LogP contribution in [0.4, 0.5) is 0 Å². The van der Waals surface area contributed by atoms with E-state index in [-0.39, 0.29) is 24.5 Å². The maximum atomic E-state index is 12.6. The van der Waals surface area contributed by atoms with Gasteiger partial charge in [-0.1, -0.05) is 18.2 Å². The van der Waals surface area contributed by atoms with Gasteiger partial charge in [-0.05, 0) is 24.5 Å². The number of carbonyl (C=O) groups excluding carboxylic acids is 1. The lowest BCUT2D eigenvalue weighted by Crippen LogP contribution is -2.44. The number of imidazole rings is 1. The number of nitrogens with zero attached hydrogens (tertiary/aromatic N) is 2. The van der Waals surface area contributed by atoms with E-state index in [2.05, 4.69) is 21.4 Å². The van der Waals surface area contributed by atoms with Gasteiger partial charge in [0.15, 0.2) is 0 Å². The van der Waals surface area contributed by atoms with Crippen molar-refractivity contribution in [3.63, 3.8) is 0 Å². The summed E-state index contributed by atoms with van der Waals surface area (Å²) >= 11 is 0. The Balaban J connectivity index is 1.42. The molecule has 1 aromatic carbocycles. The second-order valence-electron chi connectivity index (χ2n) is 6.68. The topological polar surface area (TPSA) is 82.9 Å². The molecule has 6 heteroatoms. The molecule has 130 valence electrons. The number of amides is 1. The normalized spacial score (nSPS) is 18.0. The fourth-order valence-electron chi connectivity index (χ4n) is 3.63. The van der Waals surface area contributed by atoms with Gasteiger partial charge < -0.3 is 20.0 Å². The van der Waals surface area contributed by atoms with Gasteiger partial charge in [0.25, 0.3) is 0 Å². The maximum absolute atomic E-state index is 12.6. The third-order valence-electron chi connectivity index (χ3n) is 5.01. The van der Waals surface area contributed by atoms with E-state index >= 15 is 0 Å². The number of H-pyrrole nitrogens is 1. The van der Waals surface area contributed by atoms with Gasteiger partial charge in [-0.3, -0.25) is 4.79 Å². The Morgan fingerprint density at radius 2 is 2.32 bits per heavy atom. The van der Waals surface area contributed by atoms with Crippen molar-refractivity contribution in [3.05, 3.63) is 54.2 Å². The highest BCUT2D eigenvalue weighted by Gasteiger charge is 2.26. The minimum Gasteiger partial charge on any atom is -0.394 e. The fraction of sp³-hybridized carbons (Fsp3) is 0.368. The molecule has 25 heavy (non-hydrogen) atoms. The first-order valence-electron chi connectivity index (χ1n) is 8.71. The molecule has 0 fully saturated rings. The molecule has 2 atom stereocenters. The Hall–Kier alpha value is -2.60. The van der Waals surface area contributed by atoms with Gasteiger partial charge in [0.2, 0.25) is 5.91 Å². The van der Waals surface area contributed by atoms with E-state index in [1.165, 1.54) is 0 Å². The molecule has 1 aliphatic rings. The Kier molecular flexibility index (Phi) is 4.28. The van der Waals surface area contributed by atoms with Crippen molar-refractivity contribution in [3.8, 4) is 0 Å². The highest BCUT2D eigenvalue weighted by Crippen LogP contribution is 2.21. The minimum atomic E-state index is -0.282. The minimum absolute atomic E-state index is 0.0123. The van der Waals surface area contributed by atoms with Crippen molar-refractivity contribution in [2.24, 2.45) is 5.92 Å². The molecule has 3 N–H and O–H groups in total. The number of aliphatic hydroxyl groups is 1. The molecule has 4 rings (SSSR count). The number of nitrogens with one attached hydrogen (secondary N) is 2.